The third-order valence-electron chi connectivity index (χ3n) is 14.7. The molecule has 5 aliphatic rings. The molecule has 0 aromatic rings. The van der Waals surface area contributed by atoms with E-state index in [0.29, 0.717) is 84.9 Å². The van der Waals surface area contributed by atoms with Crippen molar-refractivity contribution in [2.75, 3.05) is 123 Å². The number of nitrogens with zero attached hydrogens (tertiary/aromatic N) is 5. The Kier molecular flexibility index (Phi) is 32.2. The van der Waals surface area contributed by atoms with E-state index in [1.165, 1.54) is 35.5 Å². The number of likely N-dealkylation sites (tertiary alicyclic amines) is 5. The van der Waals surface area contributed by atoms with Crippen LogP contribution in [0.15, 0.2) is 0 Å². The smallest absolute Gasteiger partial charge is 0.310 e. The number of hydrogen-bond acceptors (Lipinski definition) is 18. The maximum absolute atomic E-state index is 12.2. The van der Waals surface area contributed by atoms with Gasteiger partial charge in [0, 0.05) is 96.7 Å². The van der Waals surface area contributed by atoms with Gasteiger partial charge < -0.3 is 62.4 Å². The number of methoxy groups -OCH3 is 8. The van der Waals surface area contributed by atoms with Crippen LogP contribution in [-0.4, -0.2) is 224 Å². The SMILES string of the molecule is COC(=O)[C@H]1CCN(C(=O)C(C)C)C1.COC(=O)[C@H]1CCN(C(=O)C(C)C)C1.COC[C@@H]1C[C@H](C(=O)OC)CN1C(=O)C(C)C.COC[C@@H]1C[C@H](C(=O)OC)CN1C(=O)C(C)C.COC[C@]1(C)C[C@H](C(=O)OC)CN1C(=O)C(C)C. The molecule has 5 amide bonds. The first-order valence-electron chi connectivity index (χ1n) is 27.8. The first-order chi connectivity index (χ1) is 37.5. The molecule has 0 unspecified atom stereocenters. The minimum atomic E-state index is -0.422. The summed E-state index contributed by atoms with van der Waals surface area (Å²) in [6, 6.07) is -0.0296. The number of carbonyl (C=O) groups excluding carboxylic acids is 10. The molecule has 0 aromatic carbocycles. The van der Waals surface area contributed by atoms with Crippen molar-refractivity contribution in [3.05, 3.63) is 0 Å². The molecule has 0 N–H and O–H groups in total. The molecule has 80 heavy (non-hydrogen) atoms. The summed E-state index contributed by atoms with van der Waals surface area (Å²) in [4.78, 5) is 125. The van der Waals surface area contributed by atoms with E-state index in [-0.39, 0.29) is 131 Å². The predicted octanol–water partition coefficient (Wildman–Crippen LogP) is 3.75. The molecule has 0 aliphatic carbocycles. The summed E-state index contributed by atoms with van der Waals surface area (Å²) in [7, 11) is 11.7. The standard InChI is InChI=1S/C13H23NO4.2C12H21NO4.2C10H17NO3/c1-9(2)11(15)14-7-10(12(16)18-5)6-13(14,3)8-17-4;2*1-8(2)11(14)13-6-9(12(15)17-4)5-10(13)7-16-3;2*1-7(2)9(12)11-5-4-8(6-11)10(13)14-3/h9-10H,6-8H2,1-5H3;2*8-10H,5-7H2,1-4H3;2*7-8H,4-6H2,1-3H3/t10-,13-;2*9-,10-;2*8-/m00000/s1. The lowest BCUT2D eigenvalue weighted by molar-refractivity contribution is -0.146. The van der Waals surface area contributed by atoms with Gasteiger partial charge in [-0.1, -0.05) is 69.2 Å². The number of hydrogen-bond donors (Lipinski definition) is 0. The molecule has 5 heterocycles. The van der Waals surface area contributed by atoms with Gasteiger partial charge >= 0.3 is 29.8 Å². The summed E-state index contributed by atoms with van der Waals surface area (Å²) in [5.74, 6) is -1.86. The summed E-state index contributed by atoms with van der Waals surface area (Å²) in [6.07, 6.45) is 3.29. The van der Waals surface area contributed by atoms with Gasteiger partial charge in [0.15, 0.2) is 0 Å². The first kappa shape index (κ1) is 72.6. The Balaban J connectivity index is 0.000000502. The number of amides is 5. The molecule has 23 nitrogen and oxygen atoms in total. The van der Waals surface area contributed by atoms with Gasteiger partial charge in [0.25, 0.3) is 0 Å². The molecule has 0 saturated carbocycles. The Morgan fingerprint density at radius 2 is 0.713 bits per heavy atom. The second-order valence-corrected chi connectivity index (χ2v) is 22.8. The number of ether oxygens (including phenoxy) is 8. The maximum Gasteiger partial charge on any atom is 0.310 e. The molecule has 0 radical (unpaired) electrons. The van der Waals surface area contributed by atoms with Crippen molar-refractivity contribution in [1.82, 2.24) is 24.5 Å². The number of rotatable bonds is 16. The largest absolute Gasteiger partial charge is 0.469 e. The van der Waals surface area contributed by atoms with Gasteiger partial charge in [0.05, 0.1) is 103 Å². The molecule has 0 bridgehead atoms. The minimum Gasteiger partial charge on any atom is -0.469 e. The third-order valence-corrected chi connectivity index (χ3v) is 14.7. The highest BCUT2D eigenvalue weighted by Gasteiger charge is 2.48. The molecule has 23 heteroatoms. The van der Waals surface area contributed by atoms with Crippen LogP contribution in [-0.2, 0) is 85.8 Å². The second-order valence-electron chi connectivity index (χ2n) is 22.8. The second kappa shape index (κ2) is 35.4. The lowest BCUT2D eigenvalue weighted by Gasteiger charge is -2.35. The van der Waals surface area contributed by atoms with Crippen LogP contribution >= 0.6 is 0 Å². The lowest BCUT2D eigenvalue weighted by atomic mass is 9.94. The van der Waals surface area contributed by atoms with Crippen molar-refractivity contribution in [2.24, 2.45) is 59.2 Å². The molecular formula is C57H99N5O18. The van der Waals surface area contributed by atoms with E-state index in [1.54, 1.807) is 45.8 Å². The average molecular weight is 1140 g/mol. The highest BCUT2D eigenvalue weighted by molar-refractivity contribution is 5.84. The van der Waals surface area contributed by atoms with Gasteiger partial charge in [-0.2, -0.15) is 0 Å². The summed E-state index contributed by atoms with van der Waals surface area (Å²) < 4.78 is 38.9. The van der Waals surface area contributed by atoms with Crippen molar-refractivity contribution in [3.8, 4) is 0 Å². The van der Waals surface area contributed by atoms with E-state index in [2.05, 4.69) is 9.47 Å². The van der Waals surface area contributed by atoms with Crippen LogP contribution < -0.4 is 0 Å². The molecule has 5 saturated heterocycles. The van der Waals surface area contributed by atoms with Crippen LogP contribution in [0, 0.1) is 59.2 Å². The first-order valence-corrected chi connectivity index (χ1v) is 27.8. The predicted molar refractivity (Wildman–Crippen MR) is 295 cm³/mol. The minimum absolute atomic E-state index is 0.00592. The van der Waals surface area contributed by atoms with Crippen LogP contribution in [0.3, 0.4) is 0 Å². The summed E-state index contributed by atoms with van der Waals surface area (Å²) in [5, 5.41) is 0. The Labute approximate surface area is 475 Å². The Hall–Kier alpha value is -5.42. The zero-order valence-corrected chi connectivity index (χ0v) is 51.6. The van der Waals surface area contributed by atoms with E-state index in [1.807, 2.05) is 76.2 Å². The molecule has 5 rings (SSSR count). The van der Waals surface area contributed by atoms with Crippen LogP contribution in [0.2, 0.25) is 0 Å². The van der Waals surface area contributed by atoms with Crippen molar-refractivity contribution in [1.29, 1.82) is 0 Å². The zero-order chi connectivity index (χ0) is 61.4. The average Bonchev–Trinajstić information content (AvgIpc) is 4.31. The van der Waals surface area contributed by atoms with Crippen LogP contribution in [0.4, 0.5) is 0 Å². The maximum atomic E-state index is 12.2. The van der Waals surface area contributed by atoms with E-state index >= 15 is 0 Å². The fraction of sp³-hybridized carbons (Fsp3) is 0.825. The third kappa shape index (κ3) is 21.5. The molecule has 0 spiro atoms. The van der Waals surface area contributed by atoms with Gasteiger partial charge in [-0.15, -0.1) is 0 Å². The van der Waals surface area contributed by atoms with Crippen LogP contribution in [0.5, 0.6) is 0 Å². The van der Waals surface area contributed by atoms with Crippen molar-refractivity contribution >= 4 is 59.4 Å². The van der Waals surface area contributed by atoms with Crippen molar-refractivity contribution in [3.63, 3.8) is 0 Å². The fourth-order valence-electron chi connectivity index (χ4n) is 10.4. The monoisotopic (exact) mass is 1140 g/mol. The van der Waals surface area contributed by atoms with E-state index in [4.69, 9.17) is 28.4 Å². The van der Waals surface area contributed by atoms with Gasteiger partial charge in [-0.3, -0.25) is 47.9 Å². The molecular weight excluding hydrogens is 1040 g/mol. The van der Waals surface area contributed by atoms with Gasteiger partial charge in [0.2, 0.25) is 29.5 Å². The fourth-order valence-corrected chi connectivity index (χ4v) is 10.4. The zero-order valence-electron chi connectivity index (χ0n) is 51.6. The molecule has 8 atom stereocenters. The van der Waals surface area contributed by atoms with Crippen LogP contribution in [0.25, 0.3) is 0 Å². The quantitative estimate of drug-likeness (QED) is 0.157. The number of carbonyl (C=O) groups is 10. The van der Waals surface area contributed by atoms with Crippen molar-refractivity contribution in [2.45, 2.75) is 126 Å². The van der Waals surface area contributed by atoms with Gasteiger partial charge in [-0.05, 0) is 39.0 Å². The molecule has 5 fully saturated rings. The Morgan fingerprint density at radius 1 is 0.400 bits per heavy atom. The van der Waals surface area contributed by atoms with E-state index < -0.39 is 5.54 Å². The normalized spacial score (nSPS) is 24.0. The van der Waals surface area contributed by atoms with Crippen LogP contribution in [0.1, 0.15) is 108 Å². The Bertz CT molecular complexity index is 1920. The molecule has 0 aromatic heterocycles. The van der Waals surface area contributed by atoms with Crippen molar-refractivity contribution < 1.29 is 85.8 Å². The Morgan fingerprint density at radius 3 is 1.00 bits per heavy atom. The number of esters is 5. The van der Waals surface area contributed by atoms with E-state index in [9.17, 15) is 47.9 Å². The highest BCUT2D eigenvalue weighted by Crippen LogP contribution is 2.35. The van der Waals surface area contributed by atoms with E-state index in [0.717, 1.165) is 12.8 Å². The summed E-state index contributed by atoms with van der Waals surface area (Å²) in [5.41, 5.74) is -0.422. The highest BCUT2D eigenvalue weighted by atomic mass is 16.5. The molecule has 5 aliphatic heterocycles. The van der Waals surface area contributed by atoms with Gasteiger partial charge in [-0.25, -0.2) is 0 Å². The lowest BCUT2D eigenvalue weighted by Crippen LogP contribution is -2.49. The topological polar surface area (TPSA) is 261 Å². The molecule has 460 valence electrons. The summed E-state index contributed by atoms with van der Waals surface area (Å²) >= 11 is 0. The van der Waals surface area contributed by atoms with Gasteiger partial charge in [0.1, 0.15) is 0 Å². The summed E-state index contributed by atoms with van der Waals surface area (Å²) in [6.45, 7) is 25.6.